The van der Waals surface area contributed by atoms with E-state index in [0.29, 0.717) is 17.1 Å². The van der Waals surface area contributed by atoms with Crippen LogP contribution in [0.25, 0.3) is 0 Å². The van der Waals surface area contributed by atoms with E-state index in [4.69, 9.17) is 23.8 Å². The van der Waals surface area contributed by atoms with Crippen molar-refractivity contribution in [2.45, 2.75) is 43.2 Å². The normalized spacial score (nSPS) is 31.0. The Labute approximate surface area is 139 Å². The summed E-state index contributed by atoms with van der Waals surface area (Å²) in [5.41, 5.74) is 0.470. The van der Waals surface area contributed by atoms with Gasteiger partial charge in [0.1, 0.15) is 4.32 Å². The zero-order valence-electron chi connectivity index (χ0n) is 11.8. The summed E-state index contributed by atoms with van der Waals surface area (Å²) < 4.78 is 0.957. The van der Waals surface area contributed by atoms with Crippen molar-refractivity contribution in [2.24, 2.45) is 0 Å². The van der Waals surface area contributed by atoms with Crippen molar-refractivity contribution in [3.05, 3.63) is 29.0 Å². The summed E-state index contributed by atoms with van der Waals surface area (Å²) in [4.78, 5) is 6.52. The molecule has 0 aliphatic carbocycles. The summed E-state index contributed by atoms with van der Waals surface area (Å²) in [6.45, 7) is 0. The minimum atomic E-state index is -0.478. The molecule has 110 valence electrons. The minimum absolute atomic E-state index is 0.363. The van der Waals surface area contributed by atoms with Crippen molar-refractivity contribution in [1.82, 2.24) is 9.88 Å². The van der Waals surface area contributed by atoms with Crippen LogP contribution in [-0.2, 0) is 5.41 Å². The first-order valence-electron chi connectivity index (χ1n) is 6.98. The molecular weight excluding hydrogens is 322 g/mol. The van der Waals surface area contributed by atoms with Crippen LogP contribution in [-0.4, -0.2) is 32.5 Å². The molecule has 2 fully saturated rings. The molecule has 3 heterocycles. The van der Waals surface area contributed by atoms with Crippen molar-refractivity contribution < 1.29 is 0 Å². The molecule has 2 atom stereocenters. The molecule has 1 aromatic rings. The van der Waals surface area contributed by atoms with Crippen molar-refractivity contribution in [3.63, 3.8) is 0 Å². The summed E-state index contributed by atoms with van der Waals surface area (Å²) in [6, 6.07) is 5.18. The number of fused-ring (bicyclic) bond motifs is 2. The monoisotopic (exact) mass is 337 g/mol. The van der Waals surface area contributed by atoms with Gasteiger partial charge in [0.2, 0.25) is 0 Å². The highest BCUT2D eigenvalue weighted by Crippen LogP contribution is 2.47. The second kappa shape index (κ2) is 5.75. The van der Waals surface area contributed by atoms with E-state index >= 15 is 0 Å². The molecule has 2 aliphatic heterocycles. The smallest absolute Gasteiger partial charge is 0.136 e. The fraction of sp³-hybridized carbons (Fsp3) is 0.533. The molecule has 1 aromatic heterocycles. The number of thioether (sulfide) groups is 1. The van der Waals surface area contributed by atoms with Gasteiger partial charge in [-0.15, -0.1) is 11.8 Å². The maximum absolute atomic E-state index is 9.85. The number of nitrogens with zero attached hydrogens (tertiary/aromatic N) is 3. The highest BCUT2D eigenvalue weighted by atomic mass is 35.5. The molecular formula is C15H16ClN3S2. The van der Waals surface area contributed by atoms with E-state index in [9.17, 15) is 5.26 Å². The zero-order valence-corrected chi connectivity index (χ0v) is 14.1. The molecule has 0 radical (unpaired) electrons. The Morgan fingerprint density at radius 1 is 1.48 bits per heavy atom. The SMILES string of the molecule is CSC(=S)N1C2CCC1CC(C#N)(c1cncc(Cl)c1)C2. The van der Waals surface area contributed by atoms with Crippen molar-refractivity contribution in [3.8, 4) is 6.07 Å². The standard InChI is InChI=1S/C15H16ClN3S2/c1-21-14(20)19-12-2-3-13(19)6-15(5-12,9-17)10-4-11(16)8-18-7-10/h4,7-8,12-13H,2-3,5-6H2,1H3. The zero-order chi connectivity index (χ0) is 15.0. The van der Waals surface area contributed by atoms with Crippen LogP contribution in [0.2, 0.25) is 5.02 Å². The van der Waals surface area contributed by atoms with Crippen molar-refractivity contribution in [2.75, 3.05) is 6.26 Å². The molecule has 0 N–H and O–H groups in total. The van der Waals surface area contributed by atoms with Crippen LogP contribution in [0.1, 0.15) is 31.2 Å². The van der Waals surface area contributed by atoms with Gasteiger partial charge in [-0.25, -0.2) is 0 Å². The molecule has 2 saturated heterocycles. The van der Waals surface area contributed by atoms with Crippen molar-refractivity contribution >= 4 is 39.9 Å². The van der Waals surface area contributed by atoms with Gasteiger partial charge in [0.25, 0.3) is 0 Å². The Balaban J connectivity index is 1.95. The topological polar surface area (TPSA) is 39.9 Å². The fourth-order valence-electron chi connectivity index (χ4n) is 3.72. The molecule has 3 rings (SSSR count). The summed E-state index contributed by atoms with van der Waals surface area (Å²) in [7, 11) is 0. The van der Waals surface area contributed by atoms with Gasteiger partial charge in [-0.05, 0) is 43.6 Å². The van der Waals surface area contributed by atoms with Crippen LogP contribution in [0.3, 0.4) is 0 Å². The second-order valence-corrected chi connectivity index (χ2v) is 7.63. The number of hydrogen-bond donors (Lipinski definition) is 0. The third-order valence-electron chi connectivity index (χ3n) is 4.64. The summed E-state index contributed by atoms with van der Waals surface area (Å²) in [6.07, 6.45) is 9.27. The lowest BCUT2D eigenvalue weighted by Gasteiger charge is -2.44. The maximum atomic E-state index is 9.85. The van der Waals surface area contributed by atoms with Gasteiger partial charge in [-0.1, -0.05) is 23.8 Å². The van der Waals surface area contributed by atoms with E-state index < -0.39 is 5.41 Å². The first-order chi connectivity index (χ1) is 10.1. The second-order valence-electron chi connectivity index (χ2n) is 5.76. The number of halogens is 1. The van der Waals surface area contributed by atoms with Crippen molar-refractivity contribution in [1.29, 1.82) is 5.26 Å². The third-order valence-corrected chi connectivity index (χ3v) is 6.12. The van der Waals surface area contributed by atoms with Gasteiger partial charge in [0, 0.05) is 24.5 Å². The van der Waals surface area contributed by atoms with Crippen LogP contribution < -0.4 is 0 Å². The molecule has 0 spiro atoms. The minimum Gasteiger partial charge on any atom is -0.351 e. The van der Waals surface area contributed by atoms with E-state index in [0.717, 1.165) is 35.6 Å². The fourth-order valence-corrected chi connectivity index (χ4v) is 4.70. The Morgan fingerprint density at radius 2 is 2.14 bits per heavy atom. The summed E-state index contributed by atoms with van der Waals surface area (Å²) in [5, 5.41) is 10.4. The molecule has 6 heteroatoms. The lowest BCUT2D eigenvalue weighted by molar-refractivity contribution is 0.188. The number of thiocarbonyl (C=S) groups is 1. The van der Waals surface area contributed by atoms with Crippen LogP contribution in [0, 0.1) is 11.3 Å². The van der Waals surface area contributed by atoms with Gasteiger partial charge in [-0.2, -0.15) is 5.26 Å². The average molecular weight is 338 g/mol. The van der Waals surface area contributed by atoms with E-state index in [2.05, 4.69) is 16.0 Å². The molecule has 0 amide bonds. The largest absolute Gasteiger partial charge is 0.351 e. The van der Waals surface area contributed by atoms with Gasteiger partial charge in [0.15, 0.2) is 0 Å². The van der Waals surface area contributed by atoms with Crippen LogP contribution in [0.4, 0.5) is 0 Å². The third kappa shape index (κ3) is 2.54. The number of piperidine rings is 1. The molecule has 0 aromatic carbocycles. The number of rotatable bonds is 1. The van der Waals surface area contributed by atoms with E-state index in [-0.39, 0.29) is 0 Å². The predicted octanol–water partition coefficient (Wildman–Crippen LogP) is 3.77. The Bertz CT molecular complexity index is 599. The van der Waals surface area contributed by atoms with Gasteiger partial charge >= 0.3 is 0 Å². The Kier molecular flexibility index (Phi) is 4.13. The molecule has 2 aliphatic rings. The highest BCUT2D eigenvalue weighted by Gasteiger charge is 2.50. The molecule has 21 heavy (non-hydrogen) atoms. The average Bonchev–Trinajstić information content (AvgIpc) is 2.77. The first kappa shape index (κ1) is 15.1. The van der Waals surface area contributed by atoms with Gasteiger partial charge in [0.05, 0.1) is 16.5 Å². The number of nitriles is 1. The Hall–Kier alpha value is -0.830. The van der Waals surface area contributed by atoms with E-state index in [1.54, 1.807) is 24.2 Å². The number of pyridine rings is 1. The molecule has 0 saturated carbocycles. The predicted molar refractivity (Wildman–Crippen MR) is 90.5 cm³/mol. The number of hydrogen-bond acceptors (Lipinski definition) is 4. The highest BCUT2D eigenvalue weighted by molar-refractivity contribution is 8.22. The van der Waals surface area contributed by atoms with Gasteiger partial charge < -0.3 is 4.90 Å². The first-order valence-corrected chi connectivity index (χ1v) is 8.99. The van der Waals surface area contributed by atoms with E-state index in [1.165, 1.54) is 0 Å². The van der Waals surface area contributed by atoms with Crippen LogP contribution >= 0.6 is 35.6 Å². The molecule has 2 unspecified atom stereocenters. The molecule has 3 nitrogen and oxygen atoms in total. The van der Waals surface area contributed by atoms with Crippen LogP contribution in [0.15, 0.2) is 18.5 Å². The number of aromatic nitrogens is 1. The summed E-state index contributed by atoms with van der Waals surface area (Å²) in [5.74, 6) is 0. The quantitative estimate of drug-likeness (QED) is 0.729. The lowest BCUT2D eigenvalue weighted by atomic mass is 9.72. The van der Waals surface area contributed by atoms with E-state index in [1.807, 2.05) is 12.3 Å². The Morgan fingerprint density at radius 3 is 2.67 bits per heavy atom. The lowest BCUT2D eigenvalue weighted by Crippen LogP contribution is -2.50. The maximum Gasteiger partial charge on any atom is 0.136 e. The van der Waals surface area contributed by atoms with Gasteiger partial charge in [-0.3, -0.25) is 4.98 Å². The molecule has 2 bridgehead atoms. The van der Waals surface area contributed by atoms with Crippen LogP contribution in [0.5, 0.6) is 0 Å². The summed E-state index contributed by atoms with van der Waals surface area (Å²) >= 11 is 13.2.